The third kappa shape index (κ3) is 4.53. The fraction of sp³-hybridized carbons (Fsp3) is 0.650. The number of rotatable bonds is 4. The van der Waals surface area contributed by atoms with Crippen LogP contribution in [0.3, 0.4) is 0 Å². The molecule has 0 spiro atoms. The Hall–Kier alpha value is -1.15. The van der Waals surface area contributed by atoms with E-state index in [1.807, 2.05) is 37.8 Å². The summed E-state index contributed by atoms with van der Waals surface area (Å²) in [5.74, 6) is 0.501. The molecular weight excluding hydrogens is 398 g/mol. The van der Waals surface area contributed by atoms with Gasteiger partial charge in [-0.3, -0.25) is 4.79 Å². The number of likely N-dealkylation sites (tertiary alicyclic amines) is 1. The Morgan fingerprint density at radius 3 is 2.14 bits per heavy atom. The largest absolute Gasteiger partial charge is 0.342 e. The molecule has 0 aliphatic carbocycles. The number of hydrogen-bond donors (Lipinski definition) is 1. The number of benzene rings is 1. The highest BCUT2D eigenvalue weighted by atomic mass is 35.5. The monoisotopic (exact) mass is 429 g/mol. The highest BCUT2D eigenvalue weighted by Gasteiger charge is 2.36. The zero-order valence-corrected chi connectivity index (χ0v) is 18.6. The first-order valence-corrected chi connectivity index (χ1v) is 11.2. The Morgan fingerprint density at radius 1 is 1.07 bits per heavy atom. The summed E-state index contributed by atoms with van der Waals surface area (Å²) in [7, 11) is -3.53. The second-order valence-corrected chi connectivity index (χ2v) is 9.96. The van der Waals surface area contributed by atoms with Gasteiger partial charge in [0, 0.05) is 32.1 Å². The van der Waals surface area contributed by atoms with Crippen LogP contribution in [0.15, 0.2) is 17.0 Å². The molecule has 3 rings (SSSR count). The third-order valence-corrected chi connectivity index (χ3v) is 8.14. The quantitative estimate of drug-likeness (QED) is 0.795. The average molecular weight is 430 g/mol. The second kappa shape index (κ2) is 9.11. The highest BCUT2D eigenvalue weighted by Crippen LogP contribution is 2.30. The van der Waals surface area contributed by atoms with E-state index in [0.717, 1.165) is 36.2 Å². The van der Waals surface area contributed by atoms with Crippen molar-refractivity contribution in [1.29, 1.82) is 0 Å². The maximum absolute atomic E-state index is 13.2. The molecule has 2 fully saturated rings. The number of sulfonamides is 1. The molecule has 2 aliphatic heterocycles. The zero-order chi connectivity index (χ0) is 19.8. The molecule has 1 atom stereocenters. The van der Waals surface area contributed by atoms with E-state index in [4.69, 9.17) is 5.73 Å². The number of nitrogens with zero attached hydrogens (tertiary/aromatic N) is 2. The molecule has 0 aromatic heterocycles. The van der Waals surface area contributed by atoms with Crippen LogP contribution >= 0.6 is 12.4 Å². The van der Waals surface area contributed by atoms with Gasteiger partial charge in [-0.25, -0.2) is 8.42 Å². The molecule has 158 valence electrons. The molecule has 0 bridgehead atoms. The Bertz CT molecular complexity index is 797. The van der Waals surface area contributed by atoms with Crippen LogP contribution in [-0.2, 0) is 14.8 Å². The second-order valence-electron chi connectivity index (χ2n) is 8.08. The summed E-state index contributed by atoms with van der Waals surface area (Å²) < 4.78 is 27.9. The molecule has 1 amide bonds. The standard InChI is InChI=1S/C20H31N3O3S.ClH/c1-14-10-15(2)19(16(3)11-14)27(25,26)23-8-5-18(6-9-23)20(24)22-7-4-17(12-21)13-22;/h10-11,17-18H,4-9,12-13,21H2,1-3H3;1H. The van der Waals surface area contributed by atoms with Gasteiger partial charge in [-0.2, -0.15) is 4.31 Å². The summed E-state index contributed by atoms with van der Waals surface area (Å²) in [5.41, 5.74) is 8.36. The van der Waals surface area contributed by atoms with Crippen molar-refractivity contribution in [2.45, 2.75) is 44.9 Å². The maximum Gasteiger partial charge on any atom is 0.243 e. The molecule has 0 saturated carbocycles. The van der Waals surface area contributed by atoms with E-state index in [2.05, 4.69) is 0 Å². The SMILES string of the molecule is Cc1cc(C)c(S(=O)(=O)N2CCC(C(=O)N3CCC(CN)C3)CC2)c(C)c1.Cl. The van der Waals surface area contributed by atoms with Gasteiger partial charge in [0.2, 0.25) is 15.9 Å². The third-order valence-electron chi connectivity index (χ3n) is 5.94. The van der Waals surface area contributed by atoms with Crippen LogP contribution < -0.4 is 5.73 Å². The molecule has 1 unspecified atom stereocenters. The van der Waals surface area contributed by atoms with Crippen molar-refractivity contribution in [2.24, 2.45) is 17.6 Å². The lowest BCUT2D eigenvalue weighted by Gasteiger charge is -2.33. The van der Waals surface area contributed by atoms with Crippen molar-refractivity contribution in [1.82, 2.24) is 9.21 Å². The molecule has 28 heavy (non-hydrogen) atoms. The predicted molar refractivity (Wildman–Crippen MR) is 113 cm³/mol. The molecule has 1 aromatic rings. The number of hydrogen-bond acceptors (Lipinski definition) is 4. The number of amides is 1. The van der Waals surface area contributed by atoms with Crippen molar-refractivity contribution in [3.8, 4) is 0 Å². The normalized spacial score (nSPS) is 21.6. The van der Waals surface area contributed by atoms with Gasteiger partial charge in [0.1, 0.15) is 0 Å². The van der Waals surface area contributed by atoms with Gasteiger partial charge in [0.05, 0.1) is 4.90 Å². The van der Waals surface area contributed by atoms with Crippen molar-refractivity contribution in [3.05, 3.63) is 28.8 Å². The summed E-state index contributed by atoms with van der Waals surface area (Å²) in [6.45, 7) is 8.63. The van der Waals surface area contributed by atoms with Gasteiger partial charge in [-0.05, 0) is 63.6 Å². The molecule has 8 heteroatoms. The van der Waals surface area contributed by atoms with Crippen LogP contribution in [-0.4, -0.2) is 56.3 Å². The molecule has 2 saturated heterocycles. The van der Waals surface area contributed by atoms with Crippen LogP contribution in [0.1, 0.15) is 36.0 Å². The van der Waals surface area contributed by atoms with E-state index in [0.29, 0.717) is 43.3 Å². The van der Waals surface area contributed by atoms with Gasteiger partial charge >= 0.3 is 0 Å². The first-order valence-electron chi connectivity index (χ1n) is 9.81. The van der Waals surface area contributed by atoms with Crippen molar-refractivity contribution >= 4 is 28.3 Å². The number of carbonyl (C=O) groups is 1. The predicted octanol–water partition coefficient (Wildman–Crippen LogP) is 2.24. The van der Waals surface area contributed by atoms with Gasteiger partial charge in [0.15, 0.2) is 0 Å². The summed E-state index contributed by atoms with van der Waals surface area (Å²) in [6, 6.07) is 3.83. The lowest BCUT2D eigenvalue weighted by Crippen LogP contribution is -2.44. The van der Waals surface area contributed by atoms with E-state index >= 15 is 0 Å². The fourth-order valence-electron chi connectivity index (χ4n) is 4.53. The van der Waals surface area contributed by atoms with Gasteiger partial charge in [-0.15, -0.1) is 12.4 Å². The van der Waals surface area contributed by atoms with E-state index in [-0.39, 0.29) is 24.2 Å². The van der Waals surface area contributed by atoms with E-state index in [1.54, 1.807) is 4.31 Å². The lowest BCUT2D eigenvalue weighted by atomic mass is 9.96. The molecule has 2 N–H and O–H groups in total. The van der Waals surface area contributed by atoms with Gasteiger partial charge in [-0.1, -0.05) is 17.7 Å². The minimum atomic E-state index is -3.53. The number of piperidine rings is 1. The van der Waals surface area contributed by atoms with E-state index in [9.17, 15) is 13.2 Å². The molecule has 2 aliphatic rings. The molecule has 0 radical (unpaired) electrons. The highest BCUT2D eigenvalue weighted by molar-refractivity contribution is 7.89. The molecule has 6 nitrogen and oxygen atoms in total. The van der Waals surface area contributed by atoms with Crippen molar-refractivity contribution in [2.75, 3.05) is 32.7 Å². The van der Waals surface area contributed by atoms with Gasteiger partial charge in [0.25, 0.3) is 0 Å². The molecule has 2 heterocycles. The van der Waals surface area contributed by atoms with E-state index < -0.39 is 10.0 Å². The minimum absolute atomic E-state index is 0. The Morgan fingerprint density at radius 2 is 1.64 bits per heavy atom. The Balaban J connectivity index is 0.00000280. The summed E-state index contributed by atoms with van der Waals surface area (Å²) in [5, 5.41) is 0. The van der Waals surface area contributed by atoms with Crippen LogP contribution in [0.4, 0.5) is 0 Å². The molecule has 1 aromatic carbocycles. The fourth-order valence-corrected chi connectivity index (χ4v) is 6.41. The Labute approximate surface area is 174 Å². The zero-order valence-electron chi connectivity index (χ0n) is 17.0. The van der Waals surface area contributed by atoms with Crippen LogP contribution in [0.2, 0.25) is 0 Å². The Kier molecular flexibility index (Phi) is 7.53. The summed E-state index contributed by atoms with van der Waals surface area (Å²) in [4.78, 5) is 15.1. The number of nitrogens with two attached hydrogens (primary N) is 1. The lowest BCUT2D eigenvalue weighted by molar-refractivity contribution is -0.135. The van der Waals surface area contributed by atoms with E-state index in [1.165, 1.54) is 0 Å². The topological polar surface area (TPSA) is 83.7 Å². The van der Waals surface area contributed by atoms with Crippen molar-refractivity contribution < 1.29 is 13.2 Å². The molecular formula is C20H32ClN3O3S. The van der Waals surface area contributed by atoms with Crippen LogP contribution in [0.25, 0.3) is 0 Å². The summed E-state index contributed by atoms with van der Waals surface area (Å²) >= 11 is 0. The van der Waals surface area contributed by atoms with Crippen molar-refractivity contribution in [3.63, 3.8) is 0 Å². The minimum Gasteiger partial charge on any atom is -0.342 e. The summed E-state index contributed by atoms with van der Waals surface area (Å²) in [6.07, 6.45) is 2.15. The number of aryl methyl sites for hydroxylation is 3. The first kappa shape index (κ1) is 23.1. The average Bonchev–Trinajstić information content (AvgIpc) is 3.09. The van der Waals surface area contributed by atoms with Crippen LogP contribution in [0.5, 0.6) is 0 Å². The number of carbonyl (C=O) groups excluding carboxylic acids is 1. The number of halogens is 1. The van der Waals surface area contributed by atoms with Crippen LogP contribution in [0, 0.1) is 32.6 Å². The maximum atomic E-state index is 13.2. The van der Waals surface area contributed by atoms with Gasteiger partial charge < -0.3 is 10.6 Å². The smallest absolute Gasteiger partial charge is 0.243 e. The first-order chi connectivity index (χ1) is 12.7.